The van der Waals surface area contributed by atoms with Crippen molar-refractivity contribution in [1.82, 2.24) is 4.98 Å². The van der Waals surface area contributed by atoms with Crippen LogP contribution in [0.4, 0.5) is 11.5 Å². The fourth-order valence-corrected chi connectivity index (χ4v) is 1.54. The number of hydrogen-bond acceptors (Lipinski definition) is 4. The lowest BCUT2D eigenvalue weighted by Gasteiger charge is -2.06. The molecule has 1 heterocycles. The highest BCUT2D eigenvalue weighted by Crippen LogP contribution is 2.10. The number of anilines is 2. The number of primary amides is 1. The summed E-state index contributed by atoms with van der Waals surface area (Å²) in [5, 5.41) is 3.14. The standard InChI is InChI=1S/C13H14N4O/c14-11-3-1-2-9(6-11)7-16-12-5-4-10(8-17-12)13(15)18/h1-6,8H,7,14H2,(H2,15,18)(H,16,17). The maximum Gasteiger partial charge on any atom is 0.250 e. The summed E-state index contributed by atoms with van der Waals surface area (Å²) in [6.45, 7) is 0.619. The molecule has 0 bridgehead atoms. The first-order valence-electron chi connectivity index (χ1n) is 5.49. The van der Waals surface area contributed by atoms with Crippen LogP contribution in [0.1, 0.15) is 15.9 Å². The van der Waals surface area contributed by atoms with E-state index in [-0.39, 0.29) is 0 Å². The van der Waals surface area contributed by atoms with Crippen molar-refractivity contribution in [2.75, 3.05) is 11.1 Å². The van der Waals surface area contributed by atoms with Gasteiger partial charge in [0.1, 0.15) is 5.82 Å². The summed E-state index contributed by atoms with van der Waals surface area (Å²) in [5.74, 6) is 0.201. The van der Waals surface area contributed by atoms with Gasteiger partial charge in [-0.15, -0.1) is 0 Å². The third-order valence-electron chi connectivity index (χ3n) is 2.47. The predicted octanol–water partition coefficient (Wildman–Crippen LogP) is 1.37. The fraction of sp³-hybridized carbons (Fsp3) is 0.0769. The second-order valence-corrected chi connectivity index (χ2v) is 3.89. The van der Waals surface area contributed by atoms with Gasteiger partial charge in [0.2, 0.25) is 5.91 Å². The number of rotatable bonds is 4. The van der Waals surface area contributed by atoms with Crippen molar-refractivity contribution in [2.45, 2.75) is 6.54 Å². The minimum atomic E-state index is -0.482. The zero-order valence-electron chi connectivity index (χ0n) is 9.76. The van der Waals surface area contributed by atoms with Crippen LogP contribution >= 0.6 is 0 Å². The van der Waals surface area contributed by atoms with Gasteiger partial charge in [-0.25, -0.2) is 4.98 Å². The van der Waals surface area contributed by atoms with Gasteiger partial charge in [0, 0.05) is 18.4 Å². The van der Waals surface area contributed by atoms with Crippen molar-refractivity contribution in [3.05, 3.63) is 53.7 Å². The van der Waals surface area contributed by atoms with Gasteiger partial charge in [0.15, 0.2) is 0 Å². The van der Waals surface area contributed by atoms with Crippen LogP contribution in [0.15, 0.2) is 42.6 Å². The number of hydrogen-bond donors (Lipinski definition) is 3. The summed E-state index contributed by atoms with van der Waals surface area (Å²) in [6.07, 6.45) is 1.45. The summed E-state index contributed by atoms with van der Waals surface area (Å²) in [7, 11) is 0. The molecular formula is C13H14N4O. The van der Waals surface area contributed by atoms with Crippen molar-refractivity contribution in [2.24, 2.45) is 5.73 Å². The van der Waals surface area contributed by atoms with Crippen molar-refractivity contribution in [1.29, 1.82) is 0 Å². The van der Waals surface area contributed by atoms with Crippen LogP contribution in [0.5, 0.6) is 0 Å². The van der Waals surface area contributed by atoms with Gasteiger partial charge < -0.3 is 16.8 Å². The van der Waals surface area contributed by atoms with Crippen LogP contribution in [-0.4, -0.2) is 10.9 Å². The van der Waals surface area contributed by atoms with Gasteiger partial charge in [-0.1, -0.05) is 12.1 Å². The van der Waals surface area contributed by atoms with Gasteiger partial charge >= 0.3 is 0 Å². The summed E-state index contributed by atoms with van der Waals surface area (Å²) in [4.78, 5) is 15.0. The first-order valence-corrected chi connectivity index (χ1v) is 5.49. The average Bonchev–Trinajstić information content (AvgIpc) is 2.37. The maximum atomic E-state index is 10.9. The smallest absolute Gasteiger partial charge is 0.250 e. The van der Waals surface area contributed by atoms with E-state index in [0.717, 1.165) is 11.3 Å². The van der Waals surface area contributed by atoms with Crippen molar-refractivity contribution in [3.8, 4) is 0 Å². The lowest BCUT2D eigenvalue weighted by molar-refractivity contribution is 0.1000. The zero-order chi connectivity index (χ0) is 13.0. The molecule has 0 aliphatic heterocycles. The van der Waals surface area contributed by atoms with Crippen molar-refractivity contribution < 1.29 is 4.79 Å². The second-order valence-electron chi connectivity index (χ2n) is 3.89. The molecule has 5 N–H and O–H groups in total. The molecule has 1 aromatic carbocycles. The molecule has 0 aliphatic carbocycles. The molecule has 1 aromatic heterocycles. The van der Waals surface area contributed by atoms with Gasteiger partial charge in [-0.05, 0) is 29.8 Å². The molecule has 0 saturated heterocycles. The third-order valence-corrected chi connectivity index (χ3v) is 2.47. The summed E-state index contributed by atoms with van der Waals surface area (Å²) in [5.41, 5.74) is 13.0. The minimum Gasteiger partial charge on any atom is -0.399 e. The lowest BCUT2D eigenvalue weighted by atomic mass is 10.2. The molecule has 0 fully saturated rings. The number of carbonyl (C=O) groups excluding carboxylic acids is 1. The largest absolute Gasteiger partial charge is 0.399 e. The minimum absolute atomic E-state index is 0.393. The molecule has 1 amide bonds. The topological polar surface area (TPSA) is 94.0 Å². The number of carbonyl (C=O) groups is 1. The quantitative estimate of drug-likeness (QED) is 0.706. The van der Waals surface area contributed by atoms with Crippen LogP contribution in [0, 0.1) is 0 Å². The van der Waals surface area contributed by atoms with Crippen molar-refractivity contribution in [3.63, 3.8) is 0 Å². The highest BCUT2D eigenvalue weighted by molar-refractivity contribution is 5.92. The predicted molar refractivity (Wildman–Crippen MR) is 70.9 cm³/mol. The number of amides is 1. The monoisotopic (exact) mass is 242 g/mol. The third kappa shape index (κ3) is 2.98. The molecule has 0 atom stereocenters. The average molecular weight is 242 g/mol. The van der Waals surface area contributed by atoms with E-state index in [0.29, 0.717) is 17.9 Å². The molecule has 92 valence electrons. The molecule has 0 saturated carbocycles. The second kappa shape index (κ2) is 5.18. The van der Waals surface area contributed by atoms with Gasteiger partial charge in [0.05, 0.1) is 5.56 Å². The first-order chi connectivity index (χ1) is 8.65. The van der Waals surface area contributed by atoms with E-state index < -0.39 is 5.91 Å². The normalized spacial score (nSPS) is 10.0. The number of pyridine rings is 1. The molecule has 2 aromatic rings. The molecule has 2 rings (SSSR count). The highest BCUT2D eigenvalue weighted by atomic mass is 16.1. The first kappa shape index (κ1) is 11.9. The Morgan fingerprint density at radius 1 is 1.28 bits per heavy atom. The van der Waals surface area contributed by atoms with E-state index in [1.807, 2.05) is 24.3 Å². The molecule has 0 spiro atoms. The highest BCUT2D eigenvalue weighted by Gasteiger charge is 2.00. The number of nitrogens with zero attached hydrogens (tertiary/aromatic N) is 1. The summed E-state index contributed by atoms with van der Waals surface area (Å²) in [6, 6.07) is 11.0. The molecule has 5 heteroatoms. The van der Waals surface area contributed by atoms with Gasteiger partial charge in [0.25, 0.3) is 0 Å². The van der Waals surface area contributed by atoms with Crippen LogP contribution in [0.25, 0.3) is 0 Å². The number of benzene rings is 1. The Hall–Kier alpha value is -2.56. The Kier molecular flexibility index (Phi) is 3.43. The number of nitrogen functional groups attached to an aromatic ring is 1. The number of nitrogens with one attached hydrogen (secondary N) is 1. The molecule has 0 unspecified atom stereocenters. The van der Waals surface area contributed by atoms with E-state index in [1.54, 1.807) is 12.1 Å². The van der Waals surface area contributed by atoms with Crippen LogP contribution < -0.4 is 16.8 Å². The molecule has 0 aliphatic rings. The van der Waals surface area contributed by atoms with Crippen LogP contribution in [0.2, 0.25) is 0 Å². The Labute approximate surface area is 105 Å². The van der Waals surface area contributed by atoms with Crippen molar-refractivity contribution >= 4 is 17.4 Å². The van der Waals surface area contributed by atoms with E-state index in [9.17, 15) is 4.79 Å². The van der Waals surface area contributed by atoms with Gasteiger partial charge in [-0.3, -0.25) is 4.79 Å². The molecular weight excluding hydrogens is 228 g/mol. The Morgan fingerprint density at radius 3 is 2.72 bits per heavy atom. The SMILES string of the molecule is NC(=O)c1ccc(NCc2cccc(N)c2)nc1. The number of nitrogens with two attached hydrogens (primary N) is 2. The number of aromatic nitrogens is 1. The molecule has 18 heavy (non-hydrogen) atoms. The van der Waals surface area contributed by atoms with E-state index in [2.05, 4.69) is 10.3 Å². The zero-order valence-corrected chi connectivity index (χ0v) is 9.76. The Morgan fingerprint density at radius 2 is 2.11 bits per heavy atom. The van der Waals surface area contributed by atoms with E-state index in [4.69, 9.17) is 11.5 Å². The Balaban J connectivity index is 2.00. The summed E-state index contributed by atoms with van der Waals surface area (Å²) < 4.78 is 0. The molecule has 0 radical (unpaired) electrons. The maximum absolute atomic E-state index is 10.9. The molecule has 5 nitrogen and oxygen atoms in total. The van der Waals surface area contributed by atoms with E-state index >= 15 is 0 Å². The van der Waals surface area contributed by atoms with E-state index in [1.165, 1.54) is 6.20 Å². The van der Waals surface area contributed by atoms with Crippen LogP contribution in [-0.2, 0) is 6.54 Å². The lowest BCUT2D eigenvalue weighted by Crippen LogP contribution is -2.11. The summed E-state index contributed by atoms with van der Waals surface area (Å²) >= 11 is 0. The Bertz CT molecular complexity index is 551. The van der Waals surface area contributed by atoms with Crippen LogP contribution in [0.3, 0.4) is 0 Å². The fourth-order valence-electron chi connectivity index (χ4n) is 1.54. The van der Waals surface area contributed by atoms with Gasteiger partial charge in [-0.2, -0.15) is 0 Å².